The monoisotopic (exact) mass is 267 g/mol. The largest absolute Gasteiger partial charge is 0.397 e. The van der Waals surface area contributed by atoms with Gasteiger partial charge in [-0.15, -0.1) is 11.3 Å². The maximum atomic E-state index is 11.8. The third kappa shape index (κ3) is 2.59. The van der Waals surface area contributed by atoms with Crippen LogP contribution in [0.25, 0.3) is 0 Å². The van der Waals surface area contributed by atoms with Gasteiger partial charge >= 0.3 is 0 Å². The number of nitrogens with one attached hydrogen (secondary N) is 1. The van der Waals surface area contributed by atoms with E-state index in [1.165, 1.54) is 22.6 Å². The summed E-state index contributed by atoms with van der Waals surface area (Å²) in [6, 6.07) is 1.72. The first-order chi connectivity index (χ1) is 8.58. The maximum absolute atomic E-state index is 11.8. The second-order valence-corrected chi connectivity index (χ2v) is 4.85. The minimum atomic E-state index is -0.106. The van der Waals surface area contributed by atoms with E-state index in [1.54, 1.807) is 20.2 Å². The van der Waals surface area contributed by atoms with Crippen molar-refractivity contribution in [3.05, 3.63) is 23.2 Å². The number of carbonyl (C=O) groups is 1. The highest BCUT2D eigenvalue weighted by Crippen LogP contribution is 2.30. The first-order valence-corrected chi connectivity index (χ1v) is 5.99. The zero-order valence-electron chi connectivity index (χ0n) is 10.0. The number of anilines is 2. The number of nitrogen functional groups attached to an aromatic ring is 1. The number of amides is 1. The van der Waals surface area contributed by atoms with E-state index < -0.39 is 0 Å². The zero-order valence-corrected chi connectivity index (χ0v) is 10.8. The van der Waals surface area contributed by atoms with Gasteiger partial charge in [-0.25, -0.2) is 0 Å². The summed E-state index contributed by atoms with van der Waals surface area (Å²) in [5, 5.41) is 7.55. The third-order valence-corrected chi connectivity index (χ3v) is 3.29. The number of thiophene rings is 1. The number of rotatable bonds is 4. The summed E-state index contributed by atoms with van der Waals surface area (Å²) in [7, 11) is 3.38. The van der Waals surface area contributed by atoms with Crippen molar-refractivity contribution in [2.75, 3.05) is 25.1 Å². The molecule has 7 nitrogen and oxygen atoms in total. The molecule has 3 N–H and O–H groups in total. The van der Waals surface area contributed by atoms with Crippen LogP contribution in [0.15, 0.2) is 17.0 Å². The lowest BCUT2D eigenvalue weighted by Crippen LogP contribution is -2.21. The molecule has 0 unspecified atom stereocenters. The minimum Gasteiger partial charge on any atom is -0.397 e. The van der Waals surface area contributed by atoms with Gasteiger partial charge in [0.2, 0.25) is 6.39 Å². The highest BCUT2D eigenvalue weighted by molar-refractivity contribution is 7.18. The Balaban J connectivity index is 2.07. The van der Waals surface area contributed by atoms with Crippen molar-refractivity contribution in [1.29, 1.82) is 0 Å². The normalized spacial score (nSPS) is 10.3. The molecule has 0 bridgehead atoms. The van der Waals surface area contributed by atoms with Gasteiger partial charge in [-0.2, -0.15) is 4.98 Å². The Morgan fingerprint density at radius 2 is 2.39 bits per heavy atom. The molecule has 2 rings (SSSR count). The van der Waals surface area contributed by atoms with Crippen LogP contribution in [0.3, 0.4) is 0 Å². The molecule has 8 heteroatoms. The lowest BCUT2D eigenvalue weighted by Gasteiger charge is -2.08. The van der Waals surface area contributed by atoms with Crippen LogP contribution >= 0.6 is 11.3 Å². The van der Waals surface area contributed by atoms with Crippen LogP contribution in [-0.2, 0) is 6.54 Å². The Kier molecular flexibility index (Phi) is 3.47. The molecule has 96 valence electrons. The van der Waals surface area contributed by atoms with Gasteiger partial charge in [-0.1, -0.05) is 5.16 Å². The summed E-state index contributed by atoms with van der Waals surface area (Å²) in [4.78, 5) is 17.7. The summed E-state index contributed by atoms with van der Waals surface area (Å²) in [6.07, 6.45) is 1.26. The fourth-order valence-corrected chi connectivity index (χ4v) is 2.30. The van der Waals surface area contributed by atoms with Crippen molar-refractivity contribution in [2.24, 2.45) is 0 Å². The molecular weight excluding hydrogens is 254 g/mol. The molecule has 0 spiro atoms. The second-order valence-electron chi connectivity index (χ2n) is 3.80. The lowest BCUT2D eigenvalue weighted by atomic mass is 10.3. The molecule has 18 heavy (non-hydrogen) atoms. The molecule has 0 aliphatic carbocycles. The van der Waals surface area contributed by atoms with Crippen LogP contribution in [0.5, 0.6) is 0 Å². The molecule has 0 saturated carbocycles. The molecule has 1 amide bonds. The van der Waals surface area contributed by atoms with Gasteiger partial charge in [0.15, 0.2) is 5.82 Å². The Labute approximate surface area is 108 Å². The predicted molar refractivity (Wildman–Crippen MR) is 68.4 cm³/mol. The SMILES string of the molecule is CN(C)C(=O)c1sc(NCc2ncon2)cc1N. The van der Waals surface area contributed by atoms with Gasteiger partial charge in [0.1, 0.15) is 4.88 Å². The molecule has 0 aliphatic rings. The van der Waals surface area contributed by atoms with Gasteiger partial charge < -0.3 is 20.5 Å². The number of hydrogen-bond donors (Lipinski definition) is 2. The van der Waals surface area contributed by atoms with Crippen LogP contribution in [0.1, 0.15) is 15.5 Å². The molecule has 0 aliphatic heterocycles. The summed E-state index contributed by atoms with van der Waals surface area (Å²) >= 11 is 1.30. The number of aromatic nitrogens is 2. The third-order valence-electron chi connectivity index (χ3n) is 2.19. The van der Waals surface area contributed by atoms with E-state index in [0.29, 0.717) is 22.9 Å². The van der Waals surface area contributed by atoms with E-state index in [0.717, 1.165) is 5.00 Å². The molecule has 2 heterocycles. The average molecular weight is 267 g/mol. The van der Waals surface area contributed by atoms with Crippen LogP contribution < -0.4 is 11.1 Å². The second kappa shape index (κ2) is 5.05. The van der Waals surface area contributed by atoms with Crippen molar-refractivity contribution in [1.82, 2.24) is 15.0 Å². The van der Waals surface area contributed by atoms with E-state index in [9.17, 15) is 4.79 Å². The van der Waals surface area contributed by atoms with Crippen molar-refractivity contribution >= 4 is 27.9 Å². The standard InChI is InChI=1S/C10H13N5O2S/c1-15(2)10(16)9-6(11)3-8(18-9)12-4-7-13-5-17-14-7/h3,5,12H,4,11H2,1-2H3. The van der Waals surface area contributed by atoms with E-state index in [4.69, 9.17) is 5.73 Å². The van der Waals surface area contributed by atoms with Crippen molar-refractivity contribution < 1.29 is 9.32 Å². The molecule has 0 aromatic carbocycles. The van der Waals surface area contributed by atoms with Gasteiger partial charge in [0.05, 0.1) is 17.2 Å². The Morgan fingerprint density at radius 1 is 1.61 bits per heavy atom. The molecule has 2 aromatic heterocycles. The average Bonchev–Trinajstić information content (AvgIpc) is 2.94. The predicted octanol–water partition coefficient (Wildman–Crippen LogP) is 1.03. The first kappa shape index (κ1) is 12.4. The van der Waals surface area contributed by atoms with Crippen LogP contribution in [0, 0.1) is 0 Å². The van der Waals surface area contributed by atoms with Crippen LogP contribution in [-0.4, -0.2) is 35.0 Å². The molecule has 0 radical (unpaired) electrons. The number of hydrogen-bond acceptors (Lipinski definition) is 7. The Bertz CT molecular complexity index is 534. The fourth-order valence-electron chi connectivity index (χ4n) is 1.30. The molecule has 0 fully saturated rings. The van der Waals surface area contributed by atoms with E-state index >= 15 is 0 Å². The molecule has 2 aromatic rings. The summed E-state index contributed by atoms with van der Waals surface area (Å²) in [6.45, 7) is 0.423. The maximum Gasteiger partial charge on any atom is 0.265 e. The van der Waals surface area contributed by atoms with Gasteiger partial charge in [0.25, 0.3) is 5.91 Å². The quantitative estimate of drug-likeness (QED) is 0.858. The Hall–Kier alpha value is -2.09. The minimum absolute atomic E-state index is 0.106. The molecular formula is C10H13N5O2S. The highest BCUT2D eigenvalue weighted by atomic mass is 32.1. The number of nitrogens with zero attached hydrogens (tertiary/aromatic N) is 3. The summed E-state index contributed by atoms with van der Waals surface area (Å²) in [5.74, 6) is 0.438. The zero-order chi connectivity index (χ0) is 13.1. The fraction of sp³-hybridized carbons (Fsp3) is 0.300. The van der Waals surface area contributed by atoms with E-state index in [1.807, 2.05) is 0 Å². The summed E-state index contributed by atoms with van der Waals surface area (Å²) < 4.78 is 4.62. The topological polar surface area (TPSA) is 97.3 Å². The highest BCUT2D eigenvalue weighted by Gasteiger charge is 2.16. The lowest BCUT2D eigenvalue weighted by molar-refractivity contribution is 0.0833. The molecule has 0 saturated heterocycles. The smallest absolute Gasteiger partial charge is 0.265 e. The summed E-state index contributed by atoms with van der Waals surface area (Å²) in [5.41, 5.74) is 6.27. The van der Waals surface area contributed by atoms with Gasteiger partial charge in [-0.05, 0) is 6.07 Å². The van der Waals surface area contributed by atoms with Crippen molar-refractivity contribution in [3.8, 4) is 0 Å². The van der Waals surface area contributed by atoms with E-state index in [-0.39, 0.29) is 5.91 Å². The van der Waals surface area contributed by atoms with Crippen LogP contribution in [0.2, 0.25) is 0 Å². The van der Waals surface area contributed by atoms with Gasteiger partial charge in [-0.3, -0.25) is 4.79 Å². The van der Waals surface area contributed by atoms with Crippen molar-refractivity contribution in [2.45, 2.75) is 6.54 Å². The van der Waals surface area contributed by atoms with E-state index in [2.05, 4.69) is 20.0 Å². The number of carbonyl (C=O) groups excluding carboxylic acids is 1. The van der Waals surface area contributed by atoms with Crippen LogP contribution in [0.4, 0.5) is 10.7 Å². The number of nitrogens with two attached hydrogens (primary N) is 1. The molecule has 0 atom stereocenters. The van der Waals surface area contributed by atoms with Gasteiger partial charge in [0, 0.05) is 14.1 Å². The van der Waals surface area contributed by atoms with Crippen molar-refractivity contribution in [3.63, 3.8) is 0 Å². The first-order valence-electron chi connectivity index (χ1n) is 5.18. The Morgan fingerprint density at radius 3 is 3.00 bits per heavy atom.